The largest absolute Gasteiger partial charge is 0.416 e. The van der Waals surface area contributed by atoms with Crippen molar-refractivity contribution >= 4 is 46.0 Å². The highest BCUT2D eigenvalue weighted by molar-refractivity contribution is 7.82. The summed E-state index contributed by atoms with van der Waals surface area (Å²) in [5.74, 6) is -0.442. The Balaban J connectivity index is 0.000000310. The molecule has 4 rings (SSSR count). The number of oxime groups is 4. The molecule has 2 N–H and O–H groups in total. The summed E-state index contributed by atoms with van der Waals surface area (Å²) in [6.07, 6.45) is -8.86. The molecule has 4 aromatic rings. The van der Waals surface area contributed by atoms with Crippen LogP contribution in [0.25, 0.3) is 0 Å². The molecule has 0 saturated carbocycles. The van der Waals surface area contributed by atoms with E-state index in [4.69, 9.17) is 31.6 Å². The number of hydrogen-bond acceptors (Lipinski definition) is 10. The van der Waals surface area contributed by atoms with Crippen LogP contribution < -0.4 is 10.6 Å². The van der Waals surface area contributed by atoms with E-state index in [1.54, 1.807) is 51.2 Å². The van der Waals surface area contributed by atoms with Gasteiger partial charge in [-0.05, 0) is 49.2 Å². The number of likely N-dealkylation sites (N-methyl/N-ethyl adjacent to an activating group) is 2. The molecule has 0 atom stereocenters. The smallest absolute Gasteiger partial charge is 0.399 e. The third kappa shape index (κ3) is 13.4. The van der Waals surface area contributed by atoms with E-state index < -0.39 is 29.4 Å². The summed E-state index contributed by atoms with van der Waals surface area (Å²) in [6, 6.07) is 23.9. The van der Waals surface area contributed by atoms with Gasteiger partial charge in [-0.3, -0.25) is 4.79 Å². The first-order valence-electron chi connectivity index (χ1n) is 17.1. The minimum absolute atomic E-state index is 0.0216. The second-order valence-corrected chi connectivity index (χ2v) is 12.2. The van der Waals surface area contributed by atoms with Gasteiger partial charge in [0.1, 0.15) is 38.1 Å². The van der Waals surface area contributed by atoms with Crippen molar-refractivity contribution in [3.05, 3.63) is 142 Å². The van der Waals surface area contributed by atoms with Gasteiger partial charge in [0.25, 0.3) is 5.91 Å². The number of carbonyl (C=O) groups excluding carboxylic acids is 1. The maximum Gasteiger partial charge on any atom is 0.416 e. The highest BCUT2D eigenvalue weighted by Crippen LogP contribution is 2.30. The van der Waals surface area contributed by atoms with E-state index in [9.17, 15) is 31.1 Å². The van der Waals surface area contributed by atoms with E-state index in [0.717, 1.165) is 29.8 Å². The predicted octanol–water partition coefficient (Wildman–Crippen LogP) is 8.29. The first kappa shape index (κ1) is 46.1. The molecule has 1 amide bonds. The quantitative estimate of drug-likeness (QED) is 0.0567. The van der Waals surface area contributed by atoms with Gasteiger partial charge in [-0.25, -0.2) is 0 Å². The molecule has 58 heavy (non-hydrogen) atoms. The average molecular weight is 831 g/mol. The molecular weight excluding hydrogens is 791 g/mol. The minimum atomic E-state index is -4.44. The Labute approximate surface area is 336 Å². The lowest BCUT2D eigenvalue weighted by molar-refractivity contribution is -0.138. The molecule has 308 valence electrons. The molecule has 11 nitrogen and oxygen atoms in total. The lowest BCUT2D eigenvalue weighted by atomic mass is 10.0. The lowest BCUT2D eigenvalue weighted by Crippen LogP contribution is -2.29. The zero-order valence-electron chi connectivity index (χ0n) is 32.2. The number of nitrogens with one attached hydrogen (secondary N) is 2. The van der Waals surface area contributed by atoms with Gasteiger partial charge in [-0.1, -0.05) is 106 Å². The maximum atomic E-state index is 12.9. The molecule has 0 fully saturated rings. The van der Waals surface area contributed by atoms with Crippen LogP contribution in [0.1, 0.15) is 58.4 Å². The second kappa shape index (κ2) is 21.9. The Morgan fingerprint density at radius 2 is 1.02 bits per heavy atom. The van der Waals surface area contributed by atoms with Crippen LogP contribution in [-0.4, -0.2) is 62.1 Å². The predicted molar refractivity (Wildman–Crippen MR) is 213 cm³/mol. The number of carbonyl (C=O) groups is 1. The van der Waals surface area contributed by atoms with E-state index in [0.29, 0.717) is 44.2 Å². The van der Waals surface area contributed by atoms with Crippen LogP contribution >= 0.6 is 12.2 Å². The molecule has 18 heteroatoms. The van der Waals surface area contributed by atoms with Crippen LogP contribution in [0, 0.1) is 0 Å². The van der Waals surface area contributed by atoms with Crippen molar-refractivity contribution in [3.63, 3.8) is 0 Å². The van der Waals surface area contributed by atoms with Crippen LogP contribution in [0.4, 0.5) is 26.3 Å². The fraction of sp³-hybridized carbons (Fsp3) is 0.250. The molecule has 0 unspecified atom stereocenters. The van der Waals surface area contributed by atoms with E-state index >= 15 is 0 Å². The summed E-state index contributed by atoms with van der Waals surface area (Å²) in [5, 5.41) is 20.9. The molecule has 0 spiro atoms. The molecule has 0 bridgehead atoms. The molecular formula is C40H40F6N6O5S. The number of alkyl halides is 6. The summed E-state index contributed by atoms with van der Waals surface area (Å²) in [4.78, 5) is 32.8. The van der Waals surface area contributed by atoms with Crippen molar-refractivity contribution in [3.8, 4) is 0 Å². The Hall–Kier alpha value is -6.30. The number of nitrogens with zero attached hydrogens (tertiary/aromatic N) is 4. The number of hydrogen-bond donors (Lipinski definition) is 2. The van der Waals surface area contributed by atoms with Crippen LogP contribution in [0.5, 0.6) is 0 Å². The monoisotopic (exact) mass is 830 g/mol. The van der Waals surface area contributed by atoms with E-state index in [1.807, 2.05) is 24.3 Å². The Kier molecular flexibility index (Phi) is 17.4. The number of halogens is 6. The Morgan fingerprint density at radius 3 is 1.41 bits per heavy atom. The van der Waals surface area contributed by atoms with E-state index in [-0.39, 0.29) is 24.6 Å². The number of thiocarbonyl (C=S) groups is 1. The van der Waals surface area contributed by atoms with E-state index in [1.165, 1.54) is 39.5 Å². The van der Waals surface area contributed by atoms with Crippen molar-refractivity contribution < 1.29 is 50.5 Å². The first-order valence-corrected chi connectivity index (χ1v) is 17.5. The molecule has 4 aromatic carbocycles. The zero-order valence-corrected chi connectivity index (χ0v) is 33.0. The molecule has 0 heterocycles. The average Bonchev–Trinajstić information content (AvgIpc) is 3.21. The van der Waals surface area contributed by atoms with Gasteiger partial charge in [-0.15, -0.1) is 0 Å². The van der Waals surface area contributed by atoms with Gasteiger partial charge in [0, 0.05) is 36.3 Å². The molecule has 0 saturated heterocycles. The summed E-state index contributed by atoms with van der Waals surface area (Å²) in [7, 11) is 5.88. The normalized spacial score (nSPS) is 12.5. The summed E-state index contributed by atoms with van der Waals surface area (Å²) < 4.78 is 77.2. The van der Waals surface area contributed by atoms with Crippen molar-refractivity contribution in [2.45, 2.75) is 39.4 Å². The number of amides is 1. The van der Waals surface area contributed by atoms with Gasteiger partial charge in [0.05, 0.1) is 22.6 Å². The Bertz CT molecular complexity index is 2000. The van der Waals surface area contributed by atoms with Crippen LogP contribution in [0.2, 0.25) is 0 Å². The lowest BCUT2D eigenvalue weighted by Gasteiger charge is -2.12. The van der Waals surface area contributed by atoms with Crippen LogP contribution in [0.15, 0.2) is 118 Å². The van der Waals surface area contributed by atoms with Crippen molar-refractivity contribution in [1.29, 1.82) is 0 Å². The molecule has 0 aromatic heterocycles. The Morgan fingerprint density at radius 1 is 0.603 bits per heavy atom. The molecule has 0 radical (unpaired) electrons. The SMILES string of the molecule is CNC(=O)/C(=N/OC)c1ccccc1CO/N=C(\C)c1cccc(C(F)(F)F)c1.CNC(=S)/C(=N/OC)c1ccccc1CO/N=C(\C)c1cccc(C(F)(F)F)c1. The third-order valence-corrected chi connectivity index (χ3v) is 8.25. The standard InChI is InChI=1S/C20H20F3N3O3.C20H20F3N3O2S/c1-13(14-8-6-9-16(11-14)20(21,22)23)25-29-12-15-7-4-5-10-17(15)18(26-28-3)19(27)24-2;1-13(14-8-6-9-16(11-14)20(21,22)23)25-28-12-15-7-4-5-10-17(15)18(26-27-3)19(29)24-2/h4-11H,12H2,1-3H3,(H,24,27);4-11H,12H2,1-3H3,(H,24,29)/b2*25-13+,26-18+. The highest BCUT2D eigenvalue weighted by atomic mass is 32.1. The molecule has 0 aliphatic heterocycles. The van der Waals surface area contributed by atoms with Gasteiger partial charge in [0.2, 0.25) is 0 Å². The fourth-order valence-electron chi connectivity index (χ4n) is 4.94. The number of benzene rings is 4. The highest BCUT2D eigenvalue weighted by Gasteiger charge is 2.31. The van der Waals surface area contributed by atoms with Crippen molar-refractivity contribution in [2.75, 3.05) is 28.3 Å². The molecule has 0 aliphatic carbocycles. The summed E-state index contributed by atoms with van der Waals surface area (Å²) >= 11 is 5.26. The van der Waals surface area contributed by atoms with Crippen LogP contribution in [0.3, 0.4) is 0 Å². The van der Waals surface area contributed by atoms with Crippen molar-refractivity contribution in [2.24, 2.45) is 20.6 Å². The minimum Gasteiger partial charge on any atom is -0.399 e. The van der Waals surface area contributed by atoms with E-state index in [2.05, 4.69) is 31.3 Å². The van der Waals surface area contributed by atoms with Gasteiger partial charge >= 0.3 is 12.4 Å². The van der Waals surface area contributed by atoms with Crippen LogP contribution in [-0.2, 0) is 49.7 Å². The third-order valence-electron chi connectivity index (χ3n) is 7.85. The topological polar surface area (TPSA) is 127 Å². The maximum absolute atomic E-state index is 12.9. The van der Waals surface area contributed by atoms with Gasteiger partial charge < -0.3 is 30.0 Å². The second-order valence-electron chi connectivity index (χ2n) is 11.8. The first-order chi connectivity index (χ1) is 27.5. The fourth-order valence-corrected chi connectivity index (χ4v) is 5.09. The van der Waals surface area contributed by atoms with Crippen molar-refractivity contribution in [1.82, 2.24) is 10.6 Å². The number of rotatable bonds is 14. The zero-order chi connectivity index (χ0) is 42.9. The summed E-state index contributed by atoms with van der Waals surface area (Å²) in [6.45, 7) is 3.17. The van der Waals surface area contributed by atoms with Gasteiger partial charge in [-0.2, -0.15) is 26.3 Å². The van der Waals surface area contributed by atoms with Gasteiger partial charge in [0.15, 0.2) is 5.71 Å². The molecule has 0 aliphatic rings. The summed E-state index contributed by atoms with van der Waals surface area (Å²) in [5.41, 5.74) is 2.74.